The Labute approximate surface area is 185 Å². The molecule has 1 aliphatic carbocycles. The predicted octanol–water partition coefficient (Wildman–Crippen LogP) is 3.27. The number of carbonyl (C=O) groups is 1. The predicted molar refractivity (Wildman–Crippen MR) is 116 cm³/mol. The molecule has 0 saturated carbocycles. The Balaban J connectivity index is 1.48. The van der Waals surface area contributed by atoms with E-state index in [1.807, 2.05) is 6.07 Å². The molecule has 0 spiro atoms. The summed E-state index contributed by atoms with van der Waals surface area (Å²) in [6.07, 6.45) is 4.07. The summed E-state index contributed by atoms with van der Waals surface area (Å²) in [5.74, 6) is -0.445. The van der Waals surface area contributed by atoms with Crippen LogP contribution in [0, 0.1) is 10.1 Å². The zero-order valence-electron chi connectivity index (χ0n) is 16.8. The Morgan fingerprint density at radius 3 is 2.32 bits per heavy atom. The lowest BCUT2D eigenvalue weighted by molar-refractivity contribution is -0.384. The van der Waals surface area contributed by atoms with Crippen LogP contribution in [-0.2, 0) is 22.9 Å². The van der Waals surface area contributed by atoms with E-state index < -0.39 is 20.9 Å². The highest BCUT2D eigenvalue weighted by Crippen LogP contribution is 2.27. The zero-order chi connectivity index (χ0) is 22.2. The summed E-state index contributed by atoms with van der Waals surface area (Å²) in [4.78, 5) is 25.0. The van der Waals surface area contributed by atoms with Crippen LogP contribution in [0.15, 0.2) is 41.3 Å². The number of carbonyl (C=O) groups excluding carboxylic acids is 1. The first kappa shape index (κ1) is 21.7. The SMILES string of the molecule is O=C(c1cc([N+](=O)[O-])ccc1Cl)N1CCN(S(=O)(=O)c2ccc3c(c2)CCCC3)CC1. The van der Waals surface area contributed by atoms with Crippen molar-refractivity contribution in [3.8, 4) is 0 Å². The fourth-order valence-electron chi connectivity index (χ4n) is 4.11. The number of aryl methyl sites for hydroxylation is 2. The molecule has 164 valence electrons. The maximum Gasteiger partial charge on any atom is 0.270 e. The van der Waals surface area contributed by atoms with E-state index >= 15 is 0 Å². The van der Waals surface area contributed by atoms with Gasteiger partial charge in [-0.05, 0) is 55.0 Å². The van der Waals surface area contributed by atoms with Gasteiger partial charge in [-0.3, -0.25) is 14.9 Å². The van der Waals surface area contributed by atoms with Crippen molar-refractivity contribution < 1.29 is 18.1 Å². The van der Waals surface area contributed by atoms with Crippen LogP contribution in [0.5, 0.6) is 0 Å². The molecule has 0 N–H and O–H groups in total. The van der Waals surface area contributed by atoms with E-state index in [-0.39, 0.29) is 47.3 Å². The molecule has 0 bridgehead atoms. The minimum Gasteiger partial charge on any atom is -0.336 e. The van der Waals surface area contributed by atoms with Crippen LogP contribution in [-0.4, -0.2) is 54.6 Å². The molecular weight excluding hydrogens is 442 g/mol. The van der Waals surface area contributed by atoms with Crippen molar-refractivity contribution in [2.45, 2.75) is 30.6 Å². The molecule has 4 rings (SSSR count). The Morgan fingerprint density at radius 1 is 0.968 bits per heavy atom. The molecule has 31 heavy (non-hydrogen) atoms. The Kier molecular flexibility index (Phi) is 6.00. The minimum absolute atomic E-state index is 0.0434. The molecule has 0 unspecified atom stereocenters. The number of nitro benzene ring substituents is 1. The van der Waals surface area contributed by atoms with Gasteiger partial charge in [-0.25, -0.2) is 8.42 Å². The molecule has 0 atom stereocenters. The smallest absolute Gasteiger partial charge is 0.270 e. The number of nitrogens with zero attached hydrogens (tertiary/aromatic N) is 3. The maximum atomic E-state index is 13.1. The van der Waals surface area contributed by atoms with Crippen molar-refractivity contribution in [2.24, 2.45) is 0 Å². The lowest BCUT2D eigenvalue weighted by atomic mass is 9.92. The average Bonchev–Trinajstić information content (AvgIpc) is 2.78. The van der Waals surface area contributed by atoms with Crippen molar-refractivity contribution in [2.75, 3.05) is 26.2 Å². The standard InChI is InChI=1S/C21H22ClN3O5S/c22-20-8-6-17(25(27)28)14-19(20)21(26)23-9-11-24(12-10-23)31(29,30)18-7-5-15-3-1-2-4-16(15)13-18/h5-8,13-14H,1-4,9-12H2. The fraction of sp³-hybridized carbons (Fsp3) is 0.381. The molecule has 2 aliphatic rings. The summed E-state index contributed by atoms with van der Waals surface area (Å²) in [6.45, 7) is 0.666. The molecule has 1 heterocycles. The van der Waals surface area contributed by atoms with Crippen molar-refractivity contribution in [1.82, 2.24) is 9.21 Å². The molecule has 0 radical (unpaired) electrons. The third kappa shape index (κ3) is 4.30. The van der Waals surface area contributed by atoms with Crippen LogP contribution in [0.25, 0.3) is 0 Å². The molecule has 0 aromatic heterocycles. The second-order valence-electron chi connectivity index (χ2n) is 7.76. The molecule has 2 aromatic carbocycles. The molecule has 1 aliphatic heterocycles. The van der Waals surface area contributed by atoms with Crippen LogP contribution < -0.4 is 0 Å². The third-order valence-electron chi connectivity index (χ3n) is 5.87. The number of benzene rings is 2. The average molecular weight is 464 g/mol. The van der Waals surface area contributed by atoms with E-state index in [9.17, 15) is 23.3 Å². The monoisotopic (exact) mass is 463 g/mol. The highest BCUT2D eigenvalue weighted by molar-refractivity contribution is 7.89. The Morgan fingerprint density at radius 2 is 1.65 bits per heavy atom. The van der Waals surface area contributed by atoms with Gasteiger partial charge in [-0.15, -0.1) is 0 Å². The van der Waals surface area contributed by atoms with Crippen molar-refractivity contribution in [3.05, 3.63) is 68.2 Å². The van der Waals surface area contributed by atoms with E-state index in [1.165, 1.54) is 26.9 Å². The third-order valence-corrected chi connectivity index (χ3v) is 8.10. The minimum atomic E-state index is -3.66. The number of piperazine rings is 1. The number of hydrogen-bond donors (Lipinski definition) is 0. The first-order chi connectivity index (χ1) is 14.8. The van der Waals surface area contributed by atoms with E-state index in [4.69, 9.17) is 11.6 Å². The molecule has 10 heteroatoms. The number of rotatable bonds is 4. The molecule has 1 fully saturated rings. The normalized spacial score (nSPS) is 17.3. The van der Waals surface area contributed by atoms with Gasteiger partial charge in [-0.1, -0.05) is 17.7 Å². The van der Waals surface area contributed by atoms with Crippen LogP contribution >= 0.6 is 11.6 Å². The summed E-state index contributed by atoms with van der Waals surface area (Å²) >= 11 is 6.08. The van der Waals surface area contributed by atoms with Gasteiger partial charge < -0.3 is 4.90 Å². The first-order valence-corrected chi connectivity index (χ1v) is 11.9. The second-order valence-corrected chi connectivity index (χ2v) is 10.1. The summed E-state index contributed by atoms with van der Waals surface area (Å²) in [7, 11) is -3.66. The highest BCUT2D eigenvalue weighted by Gasteiger charge is 2.32. The van der Waals surface area contributed by atoms with Gasteiger partial charge in [0.2, 0.25) is 10.0 Å². The van der Waals surface area contributed by atoms with Crippen LogP contribution in [0.3, 0.4) is 0 Å². The second kappa shape index (κ2) is 8.57. The number of non-ortho nitro benzene ring substituents is 1. The first-order valence-electron chi connectivity index (χ1n) is 10.1. The van der Waals surface area contributed by atoms with Gasteiger partial charge in [0.25, 0.3) is 11.6 Å². The summed E-state index contributed by atoms with van der Waals surface area (Å²) in [5, 5.41) is 11.1. The number of nitro groups is 1. The zero-order valence-corrected chi connectivity index (χ0v) is 18.4. The fourth-order valence-corrected chi connectivity index (χ4v) is 5.78. The van der Waals surface area contributed by atoms with Crippen LogP contribution in [0.2, 0.25) is 5.02 Å². The molecular formula is C21H22ClN3O5S. The Bertz CT molecular complexity index is 1140. The molecule has 1 saturated heterocycles. The topological polar surface area (TPSA) is 101 Å². The summed E-state index contributed by atoms with van der Waals surface area (Å²) in [5.41, 5.74) is 2.14. The quantitative estimate of drug-likeness (QED) is 0.511. The van der Waals surface area contributed by atoms with E-state index in [2.05, 4.69) is 0 Å². The van der Waals surface area contributed by atoms with Gasteiger partial charge in [0.1, 0.15) is 0 Å². The number of hydrogen-bond acceptors (Lipinski definition) is 5. The molecule has 8 nitrogen and oxygen atoms in total. The highest BCUT2D eigenvalue weighted by atomic mass is 35.5. The Hall–Kier alpha value is -2.49. The summed E-state index contributed by atoms with van der Waals surface area (Å²) in [6, 6.07) is 9.07. The van der Waals surface area contributed by atoms with Crippen molar-refractivity contribution >= 4 is 33.2 Å². The number of amides is 1. The van der Waals surface area contributed by atoms with Gasteiger partial charge in [-0.2, -0.15) is 4.31 Å². The van der Waals surface area contributed by atoms with Crippen LogP contribution in [0.1, 0.15) is 34.3 Å². The number of fused-ring (bicyclic) bond motifs is 1. The summed E-state index contributed by atoms with van der Waals surface area (Å²) < 4.78 is 27.6. The largest absolute Gasteiger partial charge is 0.336 e. The van der Waals surface area contributed by atoms with E-state index in [0.717, 1.165) is 37.3 Å². The van der Waals surface area contributed by atoms with E-state index in [0.29, 0.717) is 0 Å². The number of sulfonamides is 1. The molecule has 2 aromatic rings. The van der Waals surface area contributed by atoms with Crippen molar-refractivity contribution in [3.63, 3.8) is 0 Å². The number of halogens is 1. The van der Waals surface area contributed by atoms with E-state index in [1.54, 1.807) is 12.1 Å². The van der Waals surface area contributed by atoms with Crippen LogP contribution in [0.4, 0.5) is 5.69 Å². The lowest BCUT2D eigenvalue weighted by Crippen LogP contribution is -2.50. The van der Waals surface area contributed by atoms with Gasteiger partial charge in [0, 0.05) is 38.3 Å². The van der Waals surface area contributed by atoms with Gasteiger partial charge >= 0.3 is 0 Å². The lowest BCUT2D eigenvalue weighted by Gasteiger charge is -2.34. The maximum absolute atomic E-state index is 13.1. The molecule has 1 amide bonds. The van der Waals surface area contributed by atoms with Gasteiger partial charge in [0.05, 0.1) is 20.4 Å². The van der Waals surface area contributed by atoms with Crippen molar-refractivity contribution in [1.29, 1.82) is 0 Å². The van der Waals surface area contributed by atoms with Gasteiger partial charge in [0.15, 0.2) is 0 Å².